The van der Waals surface area contributed by atoms with Gasteiger partial charge in [0, 0.05) is 29.4 Å². The average molecular weight is 466 g/mol. The first-order chi connectivity index (χ1) is 16.2. The van der Waals surface area contributed by atoms with Gasteiger partial charge in [-0.25, -0.2) is 4.79 Å². The molecule has 10 heteroatoms. The van der Waals surface area contributed by atoms with Gasteiger partial charge in [-0.3, -0.25) is 14.7 Å². The van der Waals surface area contributed by atoms with E-state index in [1.807, 2.05) is 13.8 Å². The fourth-order valence-electron chi connectivity index (χ4n) is 4.56. The van der Waals surface area contributed by atoms with Crippen molar-refractivity contribution in [2.24, 2.45) is 0 Å². The molecule has 0 bridgehead atoms. The summed E-state index contributed by atoms with van der Waals surface area (Å²) in [6, 6.07) is 6.52. The first-order valence-electron chi connectivity index (χ1n) is 11.4. The maximum atomic E-state index is 13.1. The molecule has 2 aromatic rings. The molecule has 1 aromatic heterocycles. The molecule has 2 aliphatic rings. The standard InChI is InChI=1S/C24H31N7O3/c1-5-19(32)25-16-10-8-15(9-11-16)22(33)27-21-18-14-31(24(2,3)20(18)28-29-21)23(34)26-17-7-6-12-30(4)13-17/h5,8-11,17H,1,6-7,12-14H2,2-4H3,(H,25,32)(H,26,34)(H2,27,28,29,33)/t17-/m0/s1. The molecule has 3 heterocycles. The van der Waals surface area contributed by atoms with Gasteiger partial charge in [-0.05, 0) is 70.6 Å². The average Bonchev–Trinajstić information content (AvgIpc) is 3.32. The lowest BCUT2D eigenvalue weighted by Crippen LogP contribution is -2.53. The number of anilines is 2. The van der Waals surface area contributed by atoms with Gasteiger partial charge in [-0.15, -0.1) is 0 Å². The van der Waals surface area contributed by atoms with E-state index in [1.54, 1.807) is 29.2 Å². The second-order valence-corrected chi connectivity index (χ2v) is 9.35. The Morgan fingerprint density at radius 2 is 1.94 bits per heavy atom. The van der Waals surface area contributed by atoms with Crippen molar-refractivity contribution in [3.05, 3.63) is 53.7 Å². The van der Waals surface area contributed by atoms with E-state index in [-0.39, 0.29) is 23.9 Å². The van der Waals surface area contributed by atoms with Crippen molar-refractivity contribution in [1.82, 2.24) is 25.3 Å². The number of nitrogens with one attached hydrogen (secondary N) is 4. The van der Waals surface area contributed by atoms with Crippen LogP contribution in [0.4, 0.5) is 16.3 Å². The minimum atomic E-state index is -0.596. The Morgan fingerprint density at radius 3 is 2.62 bits per heavy atom. The Kier molecular flexibility index (Phi) is 6.43. The highest BCUT2D eigenvalue weighted by atomic mass is 16.2. The van der Waals surface area contributed by atoms with Crippen LogP contribution in [0.2, 0.25) is 0 Å². The van der Waals surface area contributed by atoms with Crippen LogP contribution in [-0.2, 0) is 16.9 Å². The topological polar surface area (TPSA) is 122 Å². The van der Waals surface area contributed by atoms with Crippen LogP contribution in [0.3, 0.4) is 0 Å². The summed E-state index contributed by atoms with van der Waals surface area (Å²) >= 11 is 0. The van der Waals surface area contributed by atoms with E-state index in [2.05, 4.69) is 44.7 Å². The summed E-state index contributed by atoms with van der Waals surface area (Å²) in [6.45, 7) is 9.57. The quantitative estimate of drug-likeness (QED) is 0.506. The lowest BCUT2D eigenvalue weighted by atomic mass is 10.0. The molecule has 4 rings (SSSR count). The number of carbonyl (C=O) groups is 3. The molecule has 180 valence electrons. The first-order valence-corrected chi connectivity index (χ1v) is 11.4. The fourth-order valence-corrected chi connectivity index (χ4v) is 4.56. The van der Waals surface area contributed by atoms with Crippen LogP contribution < -0.4 is 16.0 Å². The van der Waals surface area contributed by atoms with Crippen molar-refractivity contribution in [2.45, 2.75) is 44.8 Å². The molecule has 4 amide bonds. The van der Waals surface area contributed by atoms with E-state index < -0.39 is 5.54 Å². The number of rotatable bonds is 5. The molecule has 1 atom stereocenters. The smallest absolute Gasteiger partial charge is 0.318 e. The molecular formula is C24H31N7O3. The van der Waals surface area contributed by atoms with E-state index >= 15 is 0 Å². The molecule has 0 spiro atoms. The van der Waals surface area contributed by atoms with Crippen molar-refractivity contribution in [3.8, 4) is 0 Å². The number of fused-ring (bicyclic) bond motifs is 1. The largest absolute Gasteiger partial charge is 0.334 e. The molecule has 0 aliphatic carbocycles. The molecule has 34 heavy (non-hydrogen) atoms. The normalized spacial score (nSPS) is 19.3. The Labute approximate surface area is 198 Å². The molecular weight excluding hydrogens is 434 g/mol. The van der Waals surface area contributed by atoms with E-state index in [0.717, 1.165) is 37.2 Å². The predicted molar refractivity (Wildman–Crippen MR) is 129 cm³/mol. The maximum Gasteiger partial charge on any atom is 0.318 e. The van der Waals surface area contributed by atoms with Gasteiger partial charge in [-0.1, -0.05) is 6.58 Å². The number of amides is 4. The lowest BCUT2D eigenvalue weighted by Gasteiger charge is -2.35. The van der Waals surface area contributed by atoms with Crippen LogP contribution in [0.15, 0.2) is 36.9 Å². The number of piperidine rings is 1. The Morgan fingerprint density at radius 1 is 1.21 bits per heavy atom. The van der Waals surface area contributed by atoms with Crippen LogP contribution >= 0.6 is 0 Å². The zero-order chi connectivity index (χ0) is 24.5. The van der Waals surface area contributed by atoms with Crippen molar-refractivity contribution in [3.63, 3.8) is 0 Å². The van der Waals surface area contributed by atoms with Crippen LogP contribution in [0.25, 0.3) is 0 Å². The molecule has 4 N–H and O–H groups in total. The number of aromatic nitrogens is 2. The fraction of sp³-hybridized carbons (Fsp3) is 0.417. The maximum absolute atomic E-state index is 13.1. The van der Waals surface area contributed by atoms with Gasteiger partial charge in [0.15, 0.2) is 5.82 Å². The minimum absolute atomic E-state index is 0.121. The van der Waals surface area contributed by atoms with E-state index in [0.29, 0.717) is 23.6 Å². The SMILES string of the molecule is C=CC(=O)Nc1ccc(C(=O)Nc2n[nH]c3c2CN(C(=O)N[C@H]2CCCN(C)C2)C3(C)C)cc1. The van der Waals surface area contributed by atoms with Crippen molar-refractivity contribution in [2.75, 3.05) is 30.8 Å². The van der Waals surface area contributed by atoms with Crippen LogP contribution in [0, 0.1) is 0 Å². The summed E-state index contributed by atoms with van der Waals surface area (Å²) in [5.41, 5.74) is 1.99. The second kappa shape index (κ2) is 9.30. The number of hydrogen-bond donors (Lipinski definition) is 4. The van der Waals surface area contributed by atoms with Gasteiger partial charge in [0.25, 0.3) is 5.91 Å². The molecule has 1 saturated heterocycles. The molecule has 2 aliphatic heterocycles. The molecule has 0 radical (unpaired) electrons. The van der Waals surface area contributed by atoms with Crippen molar-refractivity contribution in [1.29, 1.82) is 0 Å². The lowest BCUT2D eigenvalue weighted by molar-refractivity contribution is -0.111. The zero-order valence-electron chi connectivity index (χ0n) is 19.8. The number of H-pyrrole nitrogens is 1. The van der Waals surface area contributed by atoms with Gasteiger partial charge in [0.1, 0.15) is 0 Å². The second-order valence-electron chi connectivity index (χ2n) is 9.35. The predicted octanol–water partition coefficient (Wildman–Crippen LogP) is 2.64. The van der Waals surface area contributed by atoms with Gasteiger partial charge in [0.05, 0.1) is 17.8 Å². The number of hydrogen-bond acceptors (Lipinski definition) is 5. The summed E-state index contributed by atoms with van der Waals surface area (Å²) in [5.74, 6) is -0.248. The molecule has 1 aromatic carbocycles. The van der Waals surface area contributed by atoms with Crippen molar-refractivity contribution < 1.29 is 14.4 Å². The number of urea groups is 1. The van der Waals surface area contributed by atoms with Crippen LogP contribution in [0.1, 0.15) is 48.3 Å². The Bertz CT molecular complexity index is 1110. The minimum Gasteiger partial charge on any atom is -0.334 e. The number of benzene rings is 1. The summed E-state index contributed by atoms with van der Waals surface area (Å²) < 4.78 is 0. The van der Waals surface area contributed by atoms with Crippen LogP contribution in [-0.4, -0.2) is 64.0 Å². The summed E-state index contributed by atoms with van der Waals surface area (Å²) in [5, 5.41) is 16.0. The highest BCUT2D eigenvalue weighted by molar-refractivity contribution is 6.05. The third-order valence-electron chi connectivity index (χ3n) is 6.50. The number of nitrogens with zero attached hydrogens (tertiary/aromatic N) is 3. The Hall–Kier alpha value is -3.66. The third kappa shape index (κ3) is 4.67. The molecule has 0 unspecified atom stereocenters. The summed E-state index contributed by atoms with van der Waals surface area (Å²) in [6.07, 6.45) is 3.21. The molecule has 10 nitrogen and oxygen atoms in total. The van der Waals surface area contributed by atoms with Crippen molar-refractivity contribution >= 4 is 29.4 Å². The number of carbonyl (C=O) groups excluding carboxylic acids is 3. The zero-order valence-corrected chi connectivity index (χ0v) is 19.8. The van der Waals surface area contributed by atoms with Gasteiger partial charge in [0.2, 0.25) is 5.91 Å². The highest BCUT2D eigenvalue weighted by Crippen LogP contribution is 2.40. The Balaban J connectivity index is 1.43. The number of likely N-dealkylation sites (N-methyl/N-ethyl adjacent to an activating group) is 1. The molecule has 1 fully saturated rings. The first kappa shape index (κ1) is 23.5. The van der Waals surface area contributed by atoms with E-state index in [9.17, 15) is 14.4 Å². The molecule has 0 saturated carbocycles. The summed E-state index contributed by atoms with van der Waals surface area (Å²) in [7, 11) is 2.06. The van der Waals surface area contributed by atoms with E-state index in [1.165, 1.54) is 6.08 Å². The van der Waals surface area contributed by atoms with Crippen LogP contribution in [0.5, 0.6) is 0 Å². The third-order valence-corrected chi connectivity index (χ3v) is 6.50. The number of likely N-dealkylation sites (tertiary alicyclic amines) is 1. The van der Waals surface area contributed by atoms with E-state index in [4.69, 9.17) is 0 Å². The number of aromatic amines is 1. The highest BCUT2D eigenvalue weighted by Gasteiger charge is 2.44. The van der Waals surface area contributed by atoms with Gasteiger partial charge < -0.3 is 25.8 Å². The van der Waals surface area contributed by atoms with Gasteiger partial charge >= 0.3 is 6.03 Å². The monoisotopic (exact) mass is 465 g/mol. The van der Waals surface area contributed by atoms with Gasteiger partial charge in [-0.2, -0.15) is 5.10 Å². The summed E-state index contributed by atoms with van der Waals surface area (Å²) in [4.78, 5) is 41.4.